The third-order valence-corrected chi connectivity index (χ3v) is 3.97. The van der Waals surface area contributed by atoms with Crippen LogP contribution in [0.4, 0.5) is 9.80 Å². The number of nitrogens with zero attached hydrogens (tertiary/aromatic N) is 2. The molecule has 0 radical (unpaired) electrons. The lowest BCUT2D eigenvalue weighted by molar-refractivity contribution is 0.176. The summed E-state index contributed by atoms with van der Waals surface area (Å²) in [4.78, 5) is 13.6. The van der Waals surface area contributed by atoms with E-state index in [1.807, 2.05) is 36.4 Å². The number of rotatable bonds is 2. The number of β-amino-alcohol motifs (C(OH)–C–C–N with tert-alkyl or cyclic N) is 1. The number of aliphatic hydroxyl groups excluding tert-OH is 1. The lowest BCUT2D eigenvalue weighted by Crippen LogP contribution is -2.33. The number of nitrogens with one attached hydrogen (secondary N) is 1. The second-order valence-corrected chi connectivity index (χ2v) is 5.57. The molecule has 104 valence electrons. The van der Waals surface area contributed by atoms with E-state index in [0.717, 1.165) is 16.3 Å². The van der Waals surface area contributed by atoms with Gasteiger partial charge in [0.2, 0.25) is 0 Å². The Balaban J connectivity index is 1.67. The summed E-state index contributed by atoms with van der Waals surface area (Å²) in [6.45, 7) is 0.994. The van der Waals surface area contributed by atoms with Crippen LogP contribution in [0.15, 0.2) is 36.4 Å². The fraction of sp³-hybridized carbons (Fsp3) is 0.286. The van der Waals surface area contributed by atoms with Crippen LogP contribution in [0.5, 0.6) is 0 Å². The van der Waals surface area contributed by atoms with Gasteiger partial charge in [0.25, 0.3) is 0 Å². The number of hydrogen-bond donors (Lipinski definition) is 2. The second-order valence-electron chi connectivity index (χ2n) is 4.76. The maximum Gasteiger partial charge on any atom is 0.322 e. The van der Waals surface area contributed by atoms with Crippen molar-refractivity contribution in [1.82, 2.24) is 9.27 Å². The first-order valence-corrected chi connectivity index (χ1v) is 7.26. The number of urea groups is 1. The number of aromatic nitrogens is 1. The Morgan fingerprint density at radius 3 is 2.90 bits per heavy atom. The second kappa shape index (κ2) is 5.60. The van der Waals surface area contributed by atoms with Gasteiger partial charge in [0.1, 0.15) is 5.00 Å². The molecule has 1 saturated heterocycles. The first-order chi connectivity index (χ1) is 9.72. The molecule has 2 amide bonds. The summed E-state index contributed by atoms with van der Waals surface area (Å²) in [5.74, 6) is 0. The molecule has 2 N–H and O–H groups in total. The Morgan fingerprint density at radius 2 is 2.20 bits per heavy atom. The highest BCUT2D eigenvalue weighted by Gasteiger charge is 2.24. The zero-order valence-corrected chi connectivity index (χ0v) is 11.6. The van der Waals surface area contributed by atoms with Crippen molar-refractivity contribution in [2.24, 2.45) is 0 Å². The van der Waals surface area contributed by atoms with Crippen LogP contribution < -0.4 is 5.32 Å². The van der Waals surface area contributed by atoms with E-state index in [2.05, 4.69) is 9.69 Å². The number of benzene rings is 1. The lowest BCUT2D eigenvalue weighted by Gasteiger charge is -2.15. The number of carbonyl (C=O) groups is 1. The standard InChI is InChI=1S/C14H15N3O2S/c18-11-6-7-17(9-11)14(19)15-13-8-12(16-20-13)10-4-2-1-3-5-10/h1-5,8,11,18H,6-7,9H2,(H,15,19)/t11-/m0/s1. The Bertz CT molecular complexity index is 599. The molecule has 1 aliphatic heterocycles. The summed E-state index contributed by atoms with van der Waals surface area (Å²) in [6, 6.07) is 11.5. The lowest BCUT2D eigenvalue weighted by atomic mass is 10.2. The van der Waals surface area contributed by atoms with Gasteiger partial charge in [-0.2, -0.15) is 4.37 Å². The minimum absolute atomic E-state index is 0.176. The molecule has 1 aromatic heterocycles. The minimum Gasteiger partial charge on any atom is -0.391 e. The van der Waals surface area contributed by atoms with Crippen LogP contribution in [-0.4, -0.2) is 39.6 Å². The fourth-order valence-corrected chi connectivity index (χ4v) is 2.84. The fourth-order valence-electron chi connectivity index (χ4n) is 2.19. The number of hydrogen-bond acceptors (Lipinski definition) is 4. The number of anilines is 1. The highest BCUT2D eigenvalue weighted by Crippen LogP contribution is 2.25. The molecule has 0 spiro atoms. The van der Waals surface area contributed by atoms with Crippen molar-refractivity contribution in [3.63, 3.8) is 0 Å². The zero-order chi connectivity index (χ0) is 13.9. The number of aliphatic hydroxyl groups is 1. The largest absolute Gasteiger partial charge is 0.391 e. The van der Waals surface area contributed by atoms with E-state index in [4.69, 9.17) is 0 Å². The molecular formula is C14H15N3O2S. The van der Waals surface area contributed by atoms with Crippen molar-refractivity contribution in [2.75, 3.05) is 18.4 Å². The van der Waals surface area contributed by atoms with Gasteiger partial charge in [-0.3, -0.25) is 5.32 Å². The molecule has 0 aliphatic carbocycles. The summed E-state index contributed by atoms with van der Waals surface area (Å²) in [6.07, 6.45) is 0.243. The SMILES string of the molecule is O=C(Nc1cc(-c2ccccc2)ns1)N1CC[C@H](O)C1. The Kier molecular flexibility index (Phi) is 3.66. The molecule has 5 nitrogen and oxygen atoms in total. The summed E-state index contributed by atoms with van der Waals surface area (Å²) < 4.78 is 4.34. The zero-order valence-electron chi connectivity index (χ0n) is 10.8. The minimum atomic E-state index is -0.401. The number of carbonyl (C=O) groups excluding carboxylic acids is 1. The van der Waals surface area contributed by atoms with Crippen LogP contribution in [-0.2, 0) is 0 Å². The van der Waals surface area contributed by atoms with Crippen molar-refractivity contribution in [1.29, 1.82) is 0 Å². The quantitative estimate of drug-likeness (QED) is 0.892. The van der Waals surface area contributed by atoms with E-state index in [9.17, 15) is 9.90 Å². The van der Waals surface area contributed by atoms with E-state index in [0.29, 0.717) is 19.5 Å². The van der Waals surface area contributed by atoms with Gasteiger partial charge in [-0.25, -0.2) is 4.79 Å². The van der Waals surface area contributed by atoms with Crippen LogP contribution in [0, 0.1) is 0 Å². The van der Waals surface area contributed by atoms with Gasteiger partial charge < -0.3 is 10.0 Å². The molecule has 2 heterocycles. The molecule has 1 aromatic carbocycles. The average molecular weight is 289 g/mol. The summed E-state index contributed by atoms with van der Waals surface area (Å²) in [7, 11) is 0. The molecule has 20 heavy (non-hydrogen) atoms. The predicted molar refractivity (Wildman–Crippen MR) is 78.8 cm³/mol. The molecule has 0 bridgehead atoms. The van der Waals surface area contributed by atoms with E-state index < -0.39 is 6.10 Å². The molecule has 3 rings (SSSR count). The van der Waals surface area contributed by atoms with E-state index >= 15 is 0 Å². The van der Waals surface area contributed by atoms with Crippen LogP contribution in [0.1, 0.15) is 6.42 Å². The topological polar surface area (TPSA) is 65.5 Å². The average Bonchev–Trinajstić information content (AvgIpc) is 3.09. The molecule has 2 aromatic rings. The van der Waals surface area contributed by atoms with Gasteiger partial charge in [-0.05, 0) is 18.0 Å². The van der Waals surface area contributed by atoms with Crippen LogP contribution >= 0.6 is 11.5 Å². The number of likely N-dealkylation sites (tertiary alicyclic amines) is 1. The van der Waals surface area contributed by atoms with E-state index in [1.165, 1.54) is 11.5 Å². The highest BCUT2D eigenvalue weighted by atomic mass is 32.1. The summed E-state index contributed by atoms with van der Waals surface area (Å²) >= 11 is 1.26. The normalized spacial score (nSPS) is 18.2. The number of amides is 2. The van der Waals surface area contributed by atoms with E-state index in [1.54, 1.807) is 4.90 Å². The third kappa shape index (κ3) is 2.81. The van der Waals surface area contributed by atoms with Crippen LogP contribution in [0.25, 0.3) is 11.3 Å². The maximum absolute atomic E-state index is 12.0. The smallest absolute Gasteiger partial charge is 0.322 e. The summed E-state index contributed by atoms with van der Waals surface area (Å²) in [5.41, 5.74) is 1.88. The van der Waals surface area contributed by atoms with Gasteiger partial charge in [0.05, 0.1) is 11.8 Å². The molecular weight excluding hydrogens is 274 g/mol. The monoisotopic (exact) mass is 289 g/mol. The Hall–Kier alpha value is -1.92. The van der Waals surface area contributed by atoms with Crippen molar-refractivity contribution < 1.29 is 9.90 Å². The third-order valence-electron chi connectivity index (χ3n) is 3.26. The molecule has 0 saturated carbocycles. The molecule has 1 fully saturated rings. The molecule has 6 heteroatoms. The van der Waals surface area contributed by atoms with Gasteiger partial charge >= 0.3 is 6.03 Å². The molecule has 1 aliphatic rings. The molecule has 1 atom stereocenters. The van der Waals surface area contributed by atoms with Crippen LogP contribution in [0.3, 0.4) is 0 Å². The highest BCUT2D eigenvalue weighted by molar-refractivity contribution is 7.10. The van der Waals surface area contributed by atoms with Gasteiger partial charge in [-0.1, -0.05) is 30.3 Å². The Labute approximate surface area is 121 Å². The van der Waals surface area contributed by atoms with E-state index in [-0.39, 0.29) is 6.03 Å². The first kappa shape index (κ1) is 13.1. The van der Waals surface area contributed by atoms with Crippen molar-refractivity contribution >= 4 is 22.6 Å². The molecule has 0 unspecified atom stereocenters. The van der Waals surface area contributed by atoms with Crippen molar-refractivity contribution in [3.05, 3.63) is 36.4 Å². The summed E-state index contributed by atoms with van der Waals surface area (Å²) in [5, 5.41) is 13.0. The van der Waals surface area contributed by atoms with Gasteiger partial charge in [-0.15, -0.1) is 0 Å². The van der Waals surface area contributed by atoms with Gasteiger partial charge in [0, 0.05) is 24.7 Å². The van der Waals surface area contributed by atoms with Crippen molar-refractivity contribution in [2.45, 2.75) is 12.5 Å². The van der Waals surface area contributed by atoms with Gasteiger partial charge in [0.15, 0.2) is 0 Å². The van der Waals surface area contributed by atoms with Crippen molar-refractivity contribution in [3.8, 4) is 11.3 Å². The van der Waals surface area contributed by atoms with Crippen LogP contribution in [0.2, 0.25) is 0 Å². The predicted octanol–water partition coefficient (Wildman–Crippen LogP) is 2.41. The maximum atomic E-state index is 12.0. The Morgan fingerprint density at radius 1 is 1.40 bits per heavy atom. The first-order valence-electron chi connectivity index (χ1n) is 6.48.